The predicted octanol–water partition coefficient (Wildman–Crippen LogP) is 4.06. The number of ether oxygens (including phenoxy) is 1. The summed E-state index contributed by atoms with van der Waals surface area (Å²) in [5.74, 6) is 0.801. The Morgan fingerprint density at radius 2 is 2.12 bits per heavy atom. The highest BCUT2D eigenvalue weighted by Crippen LogP contribution is 2.38. The van der Waals surface area contributed by atoms with Gasteiger partial charge in [-0.25, -0.2) is 4.98 Å². The topological polar surface area (TPSA) is 22.1 Å². The van der Waals surface area contributed by atoms with Crippen molar-refractivity contribution in [2.24, 2.45) is 0 Å². The molecule has 0 spiro atoms. The Morgan fingerprint density at radius 3 is 3.00 bits per heavy atom. The number of benzene rings is 1. The first-order chi connectivity index (χ1) is 7.74. The fourth-order valence-corrected chi connectivity index (χ4v) is 2.39. The number of hydrogen-bond donors (Lipinski definition) is 0. The first-order valence-electron chi connectivity index (χ1n) is 4.81. The summed E-state index contributed by atoms with van der Waals surface area (Å²) < 4.78 is 6.70. The van der Waals surface area contributed by atoms with Crippen molar-refractivity contribution in [3.63, 3.8) is 0 Å². The average molecular weight is 297 g/mol. The Kier molecular flexibility index (Phi) is 2.37. The van der Waals surface area contributed by atoms with E-state index in [0.29, 0.717) is 11.8 Å². The third-order valence-electron chi connectivity index (χ3n) is 2.57. The third kappa shape index (κ3) is 1.60. The zero-order valence-corrected chi connectivity index (χ0v) is 10.5. The number of rotatable bonds is 0. The van der Waals surface area contributed by atoms with Crippen molar-refractivity contribution in [2.75, 3.05) is 0 Å². The molecule has 3 rings (SSSR count). The van der Waals surface area contributed by atoms with Crippen LogP contribution in [0, 0.1) is 0 Å². The third-order valence-corrected chi connectivity index (χ3v) is 3.27. The van der Waals surface area contributed by atoms with E-state index in [2.05, 4.69) is 33.0 Å². The molecule has 2 heterocycles. The normalized spacial score (nSPS) is 12.6. The molecular formula is C12H7BrClNO. The van der Waals surface area contributed by atoms with E-state index in [1.807, 2.05) is 6.07 Å². The van der Waals surface area contributed by atoms with Crippen molar-refractivity contribution in [1.82, 2.24) is 4.98 Å². The number of hydrogen-bond acceptors (Lipinski definition) is 2. The summed E-state index contributed by atoms with van der Waals surface area (Å²) >= 11 is 9.28. The molecule has 0 radical (unpaired) electrons. The molecule has 0 fully saturated rings. The Morgan fingerprint density at radius 1 is 1.25 bits per heavy atom. The maximum absolute atomic E-state index is 5.83. The van der Waals surface area contributed by atoms with Crippen LogP contribution < -0.4 is 4.74 Å². The molecule has 1 aliphatic heterocycles. The van der Waals surface area contributed by atoms with Crippen LogP contribution in [-0.4, -0.2) is 4.98 Å². The van der Waals surface area contributed by atoms with E-state index in [4.69, 9.17) is 16.3 Å². The number of nitrogens with zero attached hydrogens (tertiary/aromatic N) is 1. The van der Waals surface area contributed by atoms with Gasteiger partial charge >= 0.3 is 0 Å². The summed E-state index contributed by atoms with van der Waals surface area (Å²) in [5, 5.41) is 0.458. The van der Waals surface area contributed by atoms with E-state index in [1.54, 1.807) is 12.3 Å². The second-order valence-electron chi connectivity index (χ2n) is 3.59. The predicted molar refractivity (Wildman–Crippen MR) is 66.7 cm³/mol. The minimum absolute atomic E-state index is 0.458. The van der Waals surface area contributed by atoms with Crippen molar-refractivity contribution < 1.29 is 4.74 Å². The quantitative estimate of drug-likeness (QED) is 0.684. The molecule has 0 unspecified atom stereocenters. The monoisotopic (exact) mass is 295 g/mol. The molecule has 4 heteroatoms. The van der Waals surface area contributed by atoms with Gasteiger partial charge in [0, 0.05) is 22.3 Å². The lowest BCUT2D eigenvalue weighted by Crippen LogP contribution is -2.05. The van der Waals surface area contributed by atoms with Gasteiger partial charge in [-0.1, -0.05) is 33.6 Å². The molecule has 1 aliphatic rings. The molecule has 0 amide bonds. The van der Waals surface area contributed by atoms with E-state index in [1.165, 1.54) is 0 Å². The molecule has 0 saturated carbocycles. The molecule has 0 atom stereocenters. The van der Waals surface area contributed by atoms with Gasteiger partial charge in [-0.3, -0.25) is 0 Å². The average Bonchev–Trinajstić information content (AvgIpc) is 2.28. The standard InChI is InChI=1S/C12H7BrClNO/c13-8-1-2-9-7(3-8)6-16-11-4-12(14)15-5-10(9)11/h1-5H,6H2. The number of fused-ring (bicyclic) bond motifs is 3. The SMILES string of the molecule is Clc1cc2c(cn1)-c1ccc(Br)cc1CO2. The summed E-state index contributed by atoms with van der Waals surface area (Å²) in [5.41, 5.74) is 3.32. The van der Waals surface area contributed by atoms with Gasteiger partial charge in [0.25, 0.3) is 0 Å². The highest BCUT2D eigenvalue weighted by molar-refractivity contribution is 9.10. The molecule has 0 saturated heterocycles. The fraction of sp³-hybridized carbons (Fsp3) is 0.0833. The lowest BCUT2D eigenvalue weighted by atomic mass is 9.99. The minimum Gasteiger partial charge on any atom is -0.488 e. The molecule has 80 valence electrons. The molecular weight excluding hydrogens is 289 g/mol. The summed E-state index contributed by atoms with van der Waals surface area (Å²) in [7, 11) is 0. The van der Waals surface area contributed by atoms with Crippen LogP contribution in [-0.2, 0) is 6.61 Å². The Hall–Kier alpha value is -1.06. The molecule has 1 aromatic heterocycles. The van der Waals surface area contributed by atoms with E-state index >= 15 is 0 Å². The van der Waals surface area contributed by atoms with Crippen molar-refractivity contribution in [3.05, 3.63) is 45.7 Å². The van der Waals surface area contributed by atoms with Crippen LogP contribution in [0.15, 0.2) is 34.9 Å². The number of aromatic nitrogens is 1. The van der Waals surface area contributed by atoms with E-state index < -0.39 is 0 Å². The minimum atomic E-state index is 0.458. The van der Waals surface area contributed by atoms with Crippen molar-refractivity contribution >= 4 is 27.5 Å². The molecule has 1 aromatic carbocycles. The fourth-order valence-electron chi connectivity index (χ4n) is 1.83. The number of halogens is 2. The van der Waals surface area contributed by atoms with Crippen LogP contribution in [0.25, 0.3) is 11.1 Å². The molecule has 0 N–H and O–H groups in total. The zero-order chi connectivity index (χ0) is 11.1. The molecule has 16 heavy (non-hydrogen) atoms. The number of pyridine rings is 1. The van der Waals surface area contributed by atoms with Gasteiger partial charge in [0.05, 0.1) is 0 Å². The van der Waals surface area contributed by atoms with Crippen LogP contribution in [0.1, 0.15) is 5.56 Å². The van der Waals surface area contributed by atoms with E-state index in [9.17, 15) is 0 Å². The summed E-state index contributed by atoms with van der Waals surface area (Å²) in [6, 6.07) is 7.90. The maximum atomic E-state index is 5.83. The lowest BCUT2D eigenvalue weighted by Gasteiger charge is -2.20. The Labute approximate surface area is 106 Å². The Bertz CT molecular complexity index is 519. The first-order valence-corrected chi connectivity index (χ1v) is 5.98. The van der Waals surface area contributed by atoms with Crippen molar-refractivity contribution in [2.45, 2.75) is 6.61 Å². The first kappa shape index (κ1) is 10.1. The maximum Gasteiger partial charge on any atom is 0.132 e. The van der Waals surface area contributed by atoms with Crippen LogP contribution in [0.4, 0.5) is 0 Å². The summed E-state index contributed by atoms with van der Waals surface area (Å²) in [6.45, 7) is 0.572. The molecule has 0 aliphatic carbocycles. The smallest absolute Gasteiger partial charge is 0.132 e. The van der Waals surface area contributed by atoms with Crippen LogP contribution in [0.5, 0.6) is 5.75 Å². The van der Waals surface area contributed by atoms with Gasteiger partial charge in [0.2, 0.25) is 0 Å². The van der Waals surface area contributed by atoms with Crippen molar-refractivity contribution in [3.8, 4) is 16.9 Å². The van der Waals surface area contributed by atoms with Crippen LogP contribution in [0.3, 0.4) is 0 Å². The van der Waals surface area contributed by atoms with Gasteiger partial charge in [0.15, 0.2) is 0 Å². The Balaban J connectivity index is 2.23. The second-order valence-corrected chi connectivity index (χ2v) is 4.90. The molecule has 2 nitrogen and oxygen atoms in total. The highest BCUT2D eigenvalue weighted by atomic mass is 79.9. The van der Waals surface area contributed by atoms with E-state index in [-0.39, 0.29) is 0 Å². The van der Waals surface area contributed by atoms with E-state index in [0.717, 1.165) is 26.9 Å². The summed E-state index contributed by atoms with van der Waals surface area (Å²) in [4.78, 5) is 4.09. The molecule has 2 aromatic rings. The van der Waals surface area contributed by atoms with Gasteiger partial charge in [-0.15, -0.1) is 0 Å². The second kappa shape index (κ2) is 3.75. The zero-order valence-electron chi connectivity index (χ0n) is 8.21. The van der Waals surface area contributed by atoms with Crippen LogP contribution in [0.2, 0.25) is 5.15 Å². The molecule has 0 bridgehead atoms. The van der Waals surface area contributed by atoms with Gasteiger partial charge in [-0.05, 0) is 23.3 Å². The van der Waals surface area contributed by atoms with Gasteiger partial charge in [-0.2, -0.15) is 0 Å². The van der Waals surface area contributed by atoms with Crippen molar-refractivity contribution in [1.29, 1.82) is 0 Å². The highest BCUT2D eigenvalue weighted by Gasteiger charge is 2.17. The largest absolute Gasteiger partial charge is 0.488 e. The van der Waals surface area contributed by atoms with Crippen LogP contribution >= 0.6 is 27.5 Å². The van der Waals surface area contributed by atoms with Gasteiger partial charge < -0.3 is 4.74 Å². The lowest BCUT2D eigenvalue weighted by molar-refractivity contribution is 0.302. The summed E-state index contributed by atoms with van der Waals surface area (Å²) in [6.07, 6.45) is 1.75. The van der Waals surface area contributed by atoms with Gasteiger partial charge in [0.1, 0.15) is 17.5 Å².